The van der Waals surface area contributed by atoms with Gasteiger partial charge in [0.25, 0.3) is 5.91 Å². The molecule has 1 N–H and O–H groups in total. The molecule has 2 amide bonds. The minimum absolute atomic E-state index is 0.100. The van der Waals surface area contributed by atoms with E-state index in [0.29, 0.717) is 36.9 Å². The Morgan fingerprint density at radius 3 is 2.76 bits per heavy atom. The smallest absolute Gasteiger partial charge is 0.409 e. The van der Waals surface area contributed by atoms with Crippen LogP contribution in [0.5, 0.6) is 0 Å². The summed E-state index contributed by atoms with van der Waals surface area (Å²) < 4.78 is 6.52. The number of ether oxygens (including phenoxy) is 1. The van der Waals surface area contributed by atoms with Gasteiger partial charge in [0.05, 0.1) is 29.9 Å². The number of carbonyl (C=O) groups is 2. The van der Waals surface area contributed by atoms with Crippen LogP contribution < -0.4 is 5.32 Å². The molecule has 3 heterocycles. The van der Waals surface area contributed by atoms with Crippen LogP contribution in [0.4, 0.5) is 10.6 Å². The summed E-state index contributed by atoms with van der Waals surface area (Å²) in [5.41, 5.74) is 3.12. The van der Waals surface area contributed by atoms with Gasteiger partial charge in [0.2, 0.25) is 0 Å². The van der Waals surface area contributed by atoms with Gasteiger partial charge >= 0.3 is 6.09 Å². The standard InChI is InChI=1S/C22H29N7O3S/c1-15-11-28(22(31)32-5)8-9-29(15)21(30)17-6-7-20(24-10-17)25-14-33-13-19(23-3)18-12-27(4)26-16(18)2/h6-7,10,12-13,15H,3,8-9,11,14H2,1-2,4-5H3,(H,24,25)/b19-13-/t15-/m0/s1. The molecule has 0 saturated carbocycles. The molecule has 0 bridgehead atoms. The molecule has 1 aliphatic rings. The zero-order valence-corrected chi connectivity index (χ0v) is 20.1. The Morgan fingerprint density at radius 2 is 2.18 bits per heavy atom. The van der Waals surface area contributed by atoms with Crippen molar-refractivity contribution in [2.45, 2.75) is 19.9 Å². The van der Waals surface area contributed by atoms with Gasteiger partial charge in [-0.1, -0.05) is 0 Å². The monoisotopic (exact) mass is 471 g/mol. The maximum Gasteiger partial charge on any atom is 0.409 e. The Balaban J connectivity index is 1.53. The van der Waals surface area contributed by atoms with E-state index in [2.05, 4.69) is 27.1 Å². The molecule has 0 unspecified atom stereocenters. The van der Waals surface area contributed by atoms with Crippen molar-refractivity contribution in [3.63, 3.8) is 0 Å². The summed E-state index contributed by atoms with van der Waals surface area (Å²) in [6.45, 7) is 8.84. The topological polar surface area (TPSA) is 105 Å². The number of aliphatic imine (C=N–C) groups is 1. The van der Waals surface area contributed by atoms with E-state index in [1.807, 2.05) is 32.5 Å². The van der Waals surface area contributed by atoms with Crippen molar-refractivity contribution >= 4 is 42.0 Å². The predicted octanol–water partition coefficient (Wildman–Crippen LogP) is 2.84. The Kier molecular flexibility index (Phi) is 8.10. The fourth-order valence-corrected chi connectivity index (χ4v) is 4.29. The highest BCUT2D eigenvalue weighted by atomic mass is 32.2. The average molecular weight is 472 g/mol. The van der Waals surface area contributed by atoms with Crippen LogP contribution >= 0.6 is 11.8 Å². The average Bonchev–Trinajstić information content (AvgIpc) is 3.16. The molecule has 0 aromatic carbocycles. The van der Waals surface area contributed by atoms with E-state index in [-0.39, 0.29) is 18.0 Å². The molecule has 0 aliphatic carbocycles. The molecule has 2 aromatic heterocycles. The van der Waals surface area contributed by atoms with Crippen molar-refractivity contribution < 1.29 is 14.3 Å². The van der Waals surface area contributed by atoms with Gasteiger partial charge < -0.3 is 19.9 Å². The number of hydrogen-bond acceptors (Lipinski definition) is 8. The summed E-state index contributed by atoms with van der Waals surface area (Å²) in [5.74, 6) is 1.14. The van der Waals surface area contributed by atoms with Gasteiger partial charge in [-0.15, -0.1) is 11.8 Å². The Hall–Kier alpha value is -3.34. The first kappa shape index (κ1) is 24.3. The number of rotatable bonds is 7. The molecule has 1 aliphatic heterocycles. The third kappa shape index (κ3) is 5.92. The van der Waals surface area contributed by atoms with Gasteiger partial charge in [-0.2, -0.15) is 5.10 Å². The molecule has 1 fully saturated rings. The van der Waals surface area contributed by atoms with E-state index in [0.717, 1.165) is 17.0 Å². The number of anilines is 1. The largest absolute Gasteiger partial charge is 0.453 e. The lowest BCUT2D eigenvalue weighted by Crippen LogP contribution is -2.55. The Labute approximate surface area is 197 Å². The van der Waals surface area contributed by atoms with Gasteiger partial charge in [-0.3, -0.25) is 14.5 Å². The maximum absolute atomic E-state index is 12.9. The first-order chi connectivity index (χ1) is 15.8. The zero-order valence-electron chi connectivity index (χ0n) is 19.3. The molecule has 0 spiro atoms. The van der Waals surface area contributed by atoms with Gasteiger partial charge in [0.15, 0.2) is 0 Å². The van der Waals surface area contributed by atoms with Crippen LogP contribution in [0.1, 0.15) is 28.5 Å². The normalized spacial score (nSPS) is 16.5. The van der Waals surface area contributed by atoms with E-state index >= 15 is 0 Å². The predicted molar refractivity (Wildman–Crippen MR) is 130 cm³/mol. The number of hydrogen-bond donors (Lipinski definition) is 1. The number of aryl methyl sites for hydroxylation is 2. The number of piperazine rings is 1. The first-order valence-electron chi connectivity index (χ1n) is 10.5. The van der Waals surface area contributed by atoms with Crippen LogP contribution in [0.2, 0.25) is 0 Å². The Morgan fingerprint density at radius 1 is 1.39 bits per heavy atom. The van der Waals surface area contributed by atoms with Crippen molar-refractivity contribution in [2.24, 2.45) is 12.0 Å². The van der Waals surface area contributed by atoms with Crippen LogP contribution in [0, 0.1) is 6.92 Å². The quantitative estimate of drug-likeness (QED) is 0.376. The summed E-state index contributed by atoms with van der Waals surface area (Å²) in [6, 6.07) is 3.43. The SMILES string of the molecule is C=N/C(=C\SCNc1ccc(C(=O)N2CCN(C(=O)OC)C[C@@H]2C)cn1)c1cn(C)nc1C. The summed E-state index contributed by atoms with van der Waals surface area (Å²) in [5, 5.41) is 9.47. The lowest BCUT2D eigenvalue weighted by Gasteiger charge is -2.39. The fourth-order valence-electron chi connectivity index (χ4n) is 3.62. The molecule has 10 nitrogen and oxygen atoms in total. The summed E-state index contributed by atoms with van der Waals surface area (Å²) in [6.07, 6.45) is 3.11. The van der Waals surface area contributed by atoms with Crippen LogP contribution in [0.25, 0.3) is 5.70 Å². The van der Waals surface area contributed by atoms with Gasteiger partial charge in [-0.25, -0.2) is 9.78 Å². The number of nitrogens with zero attached hydrogens (tertiary/aromatic N) is 6. The number of carbonyl (C=O) groups excluding carboxylic acids is 2. The fraction of sp³-hybridized carbons (Fsp3) is 0.409. The van der Waals surface area contributed by atoms with E-state index in [1.165, 1.54) is 18.9 Å². The van der Waals surface area contributed by atoms with E-state index in [9.17, 15) is 9.59 Å². The van der Waals surface area contributed by atoms with Crippen LogP contribution in [-0.2, 0) is 11.8 Å². The number of methoxy groups -OCH3 is 1. The van der Waals surface area contributed by atoms with E-state index in [1.54, 1.807) is 32.8 Å². The minimum Gasteiger partial charge on any atom is -0.453 e. The highest BCUT2D eigenvalue weighted by Gasteiger charge is 2.30. The first-order valence-corrected chi connectivity index (χ1v) is 11.5. The Bertz CT molecular complexity index is 1040. The summed E-state index contributed by atoms with van der Waals surface area (Å²) in [4.78, 5) is 36.4. The van der Waals surface area contributed by atoms with Crippen LogP contribution in [0.3, 0.4) is 0 Å². The summed E-state index contributed by atoms with van der Waals surface area (Å²) in [7, 11) is 3.23. The van der Waals surface area contributed by atoms with E-state index < -0.39 is 0 Å². The number of pyridine rings is 1. The molecule has 1 saturated heterocycles. The molecule has 33 heavy (non-hydrogen) atoms. The molecule has 0 radical (unpaired) electrons. The van der Waals surface area contributed by atoms with Crippen molar-refractivity contribution in [2.75, 3.05) is 37.9 Å². The highest BCUT2D eigenvalue weighted by Crippen LogP contribution is 2.22. The van der Waals surface area contributed by atoms with Crippen molar-refractivity contribution in [1.82, 2.24) is 24.6 Å². The van der Waals surface area contributed by atoms with Crippen LogP contribution in [0.15, 0.2) is 34.9 Å². The number of aromatic nitrogens is 3. The van der Waals surface area contributed by atoms with Gasteiger partial charge in [0, 0.05) is 50.7 Å². The summed E-state index contributed by atoms with van der Waals surface area (Å²) >= 11 is 1.53. The molecule has 3 rings (SSSR count). The zero-order chi connectivity index (χ0) is 24.0. The molecular formula is C22H29N7O3S. The second kappa shape index (κ2) is 11.0. The second-order valence-corrected chi connectivity index (χ2v) is 8.50. The lowest BCUT2D eigenvalue weighted by atomic mass is 10.1. The van der Waals surface area contributed by atoms with Gasteiger partial charge in [0.1, 0.15) is 5.82 Å². The van der Waals surface area contributed by atoms with Crippen molar-refractivity contribution in [3.8, 4) is 0 Å². The van der Waals surface area contributed by atoms with E-state index in [4.69, 9.17) is 4.74 Å². The lowest BCUT2D eigenvalue weighted by molar-refractivity contribution is 0.0454. The number of thioether (sulfide) groups is 1. The molecule has 11 heteroatoms. The van der Waals surface area contributed by atoms with Crippen molar-refractivity contribution in [1.29, 1.82) is 0 Å². The molecule has 2 aromatic rings. The second-order valence-electron chi connectivity index (χ2n) is 7.65. The highest BCUT2D eigenvalue weighted by molar-refractivity contribution is 8.02. The maximum atomic E-state index is 12.9. The number of amides is 2. The third-order valence-corrected chi connectivity index (χ3v) is 6.02. The molecular weight excluding hydrogens is 442 g/mol. The minimum atomic E-state index is -0.370. The third-order valence-electron chi connectivity index (χ3n) is 5.32. The van der Waals surface area contributed by atoms with Gasteiger partial charge in [-0.05, 0) is 38.1 Å². The van der Waals surface area contributed by atoms with Crippen molar-refractivity contribution in [3.05, 3.63) is 46.8 Å². The molecule has 1 atom stereocenters. The molecule has 176 valence electrons. The van der Waals surface area contributed by atoms with Crippen LogP contribution in [-0.4, -0.2) is 81.9 Å². The number of nitrogens with one attached hydrogen (secondary N) is 1.